The molecular weight excluding hydrogens is 617 g/mol. The van der Waals surface area contributed by atoms with Gasteiger partial charge in [0.05, 0.1) is 17.1 Å². The fraction of sp³-hybridized carbons (Fsp3) is 0.265. The summed E-state index contributed by atoms with van der Waals surface area (Å²) < 4.78 is 0. The quantitative estimate of drug-likeness (QED) is 0.185. The molecule has 2 nitrogen and oxygen atoms in total. The van der Waals surface area contributed by atoms with Gasteiger partial charge in [0.1, 0.15) is 0 Å². The van der Waals surface area contributed by atoms with Crippen LogP contribution in [0, 0.1) is 0 Å². The zero-order chi connectivity index (χ0) is 35.7. The summed E-state index contributed by atoms with van der Waals surface area (Å²) in [7, 11) is 0. The average Bonchev–Trinajstić information content (AvgIpc) is 3.11. The van der Waals surface area contributed by atoms with Gasteiger partial charge in [0, 0.05) is 33.3 Å². The first-order valence-corrected chi connectivity index (χ1v) is 18.5. The first-order chi connectivity index (χ1) is 24.2. The molecule has 0 spiro atoms. The smallest absolute Gasteiger partial charge is 0.0545 e. The van der Waals surface area contributed by atoms with Crippen LogP contribution in [-0.4, -0.2) is 0 Å². The number of hydrogen-bond donors (Lipinski definition) is 0. The summed E-state index contributed by atoms with van der Waals surface area (Å²) in [6.45, 7) is 21.5. The van der Waals surface area contributed by atoms with Crippen LogP contribution in [0.2, 0.25) is 0 Å². The van der Waals surface area contributed by atoms with Gasteiger partial charge in [-0.25, -0.2) is 0 Å². The highest BCUT2D eigenvalue weighted by Gasteiger charge is 2.52. The number of nitrogens with zero attached hydrogens (tertiary/aromatic N) is 2. The van der Waals surface area contributed by atoms with Crippen molar-refractivity contribution in [1.29, 1.82) is 0 Å². The van der Waals surface area contributed by atoms with Crippen LogP contribution in [0.1, 0.15) is 101 Å². The van der Waals surface area contributed by atoms with E-state index in [1.165, 1.54) is 78.5 Å². The van der Waals surface area contributed by atoms with Gasteiger partial charge in [0.2, 0.25) is 0 Å². The molecule has 3 aliphatic heterocycles. The highest BCUT2D eigenvalue weighted by atomic mass is 15.2. The first kappa shape index (κ1) is 31.9. The van der Waals surface area contributed by atoms with Gasteiger partial charge in [-0.15, -0.1) is 0 Å². The summed E-state index contributed by atoms with van der Waals surface area (Å²) in [5.41, 5.74) is 19.3. The van der Waals surface area contributed by atoms with Gasteiger partial charge in [-0.2, -0.15) is 0 Å². The third kappa shape index (κ3) is 4.41. The third-order valence-electron chi connectivity index (χ3n) is 12.3. The van der Waals surface area contributed by atoms with Crippen LogP contribution in [0.4, 0.5) is 34.1 Å². The SMILES string of the molecule is CC(C)(C)c1ccc(N(c2ccccc2)c2cc3c4c(c2)C(C)(C)c2cc(-c5ccccc5)cc5c2N4c2c(cccc2C3(C)C)C5(C)C)cc1. The number of benzene rings is 6. The zero-order valence-electron chi connectivity index (χ0n) is 31.5. The Kier molecular flexibility index (Phi) is 6.55. The van der Waals surface area contributed by atoms with Crippen LogP contribution >= 0.6 is 0 Å². The first-order valence-electron chi connectivity index (χ1n) is 18.5. The molecule has 6 aromatic carbocycles. The van der Waals surface area contributed by atoms with E-state index in [2.05, 4.69) is 200 Å². The van der Waals surface area contributed by atoms with Crippen molar-refractivity contribution in [3.8, 4) is 11.1 Å². The standard InChI is InChI=1S/C49H48N2/c1-46(2,3)33-23-25-35(26-24-33)50(34-19-14-11-15-20-34)36-29-41-45-42(30-36)49(8,9)40-28-32(31-17-12-10-13-18-31)27-39-44(40)51(45)43-37(47(39,4)5)21-16-22-38(43)48(41,6)7/h10-30H,1-9H3. The van der Waals surface area contributed by atoms with Crippen molar-refractivity contribution in [3.05, 3.63) is 166 Å². The van der Waals surface area contributed by atoms with E-state index >= 15 is 0 Å². The molecular formula is C49H48N2. The van der Waals surface area contributed by atoms with Gasteiger partial charge < -0.3 is 9.80 Å². The minimum absolute atomic E-state index is 0.0836. The Morgan fingerprint density at radius 3 is 1.35 bits per heavy atom. The molecule has 0 fully saturated rings. The predicted octanol–water partition coefficient (Wildman–Crippen LogP) is 13.5. The lowest BCUT2D eigenvalue weighted by Crippen LogP contribution is -2.43. The van der Waals surface area contributed by atoms with Crippen LogP contribution < -0.4 is 9.80 Å². The molecule has 0 aromatic heterocycles. The van der Waals surface area contributed by atoms with Gasteiger partial charge >= 0.3 is 0 Å². The molecule has 0 unspecified atom stereocenters. The summed E-state index contributed by atoms with van der Waals surface area (Å²) >= 11 is 0. The molecule has 0 saturated carbocycles. The molecule has 0 atom stereocenters. The van der Waals surface area contributed by atoms with E-state index in [0.29, 0.717) is 0 Å². The molecule has 2 heteroatoms. The van der Waals surface area contributed by atoms with Gasteiger partial charge in [0.15, 0.2) is 0 Å². The Balaban J connectivity index is 1.37. The molecule has 0 radical (unpaired) electrons. The predicted molar refractivity (Wildman–Crippen MR) is 216 cm³/mol. The Bertz CT molecular complexity index is 2350. The minimum Gasteiger partial charge on any atom is -0.310 e. The third-order valence-corrected chi connectivity index (χ3v) is 12.3. The van der Waals surface area contributed by atoms with Crippen molar-refractivity contribution in [3.63, 3.8) is 0 Å². The van der Waals surface area contributed by atoms with Crippen molar-refractivity contribution in [1.82, 2.24) is 0 Å². The maximum atomic E-state index is 2.67. The lowest BCUT2D eigenvalue weighted by molar-refractivity contribution is 0.567. The van der Waals surface area contributed by atoms with Gasteiger partial charge in [0.25, 0.3) is 0 Å². The van der Waals surface area contributed by atoms with Crippen LogP contribution in [0.15, 0.2) is 127 Å². The van der Waals surface area contributed by atoms with Crippen LogP contribution in [0.25, 0.3) is 11.1 Å². The lowest BCUT2D eigenvalue weighted by atomic mass is 9.60. The number of rotatable bonds is 4. The van der Waals surface area contributed by atoms with Crippen molar-refractivity contribution in [2.45, 2.75) is 84.0 Å². The van der Waals surface area contributed by atoms with Gasteiger partial charge in [-0.05, 0) is 104 Å². The molecule has 0 N–H and O–H groups in total. The molecule has 0 amide bonds. The average molecular weight is 665 g/mol. The van der Waals surface area contributed by atoms with Crippen LogP contribution in [0.3, 0.4) is 0 Å². The van der Waals surface area contributed by atoms with E-state index in [-0.39, 0.29) is 21.7 Å². The fourth-order valence-corrected chi connectivity index (χ4v) is 9.27. The molecule has 0 aliphatic carbocycles. The number of para-hydroxylation sites is 2. The molecule has 0 saturated heterocycles. The maximum Gasteiger partial charge on any atom is 0.0545 e. The second-order valence-corrected chi connectivity index (χ2v) is 17.6. The van der Waals surface area contributed by atoms with E-state index in [0.717, 1.165) is 5.69 Å². The fourth-order valence-electron chi connectivity index (χ4n) is 9.27. The molecule has 9 rings (SSSR count). The summed E-state index contributed by atoms with van der Waals surface area (Å²) in [6.07, 6.45) is 0. The second-order valence-electron chi connectivity index (χ2n) is 17.6. The maximum absolute atomic E-state index is 2.67. The van der Waals surface area contributed by atoms with Crippen molar-refractivity contribution in [2.75, 3.05) is 9.80 Å². The van der Waals surface area contributed by atoms with E-state index in [1.54, 1.807) is 0 Å². The van der Waals surface area contributed by atoms with Crippen LogP contribution in [0.5, 0.6) is 0 Å². The van der Waals surface area contributed by atoms with E-state index < -0.39 is 0 Å². The van der Waals surface area contributed by atoms with Crippen molar-refractivity contribution < 1.29 is 0 Å². The van der Waals surface area contributed by atoms with Crippen molar-refractivity contribution >= 4 is 34.1 Å². The normalized spacial score (nSPS) is 16.8. The number of anilines is 6. The van der Waals surface area contributed by atoms with Crippen molar-refractivity contribution in [2.24, 2.45) is 0 Å². The second kappa shape index (κ2) is 10.5. The molecule has 254 valence electrons. The van der Waals surface area contributed by atoms with Gasteiger partial charge in [-0.1, -0.05) is 141 Å². The molecule has 3 heterocycles. The summed E-state index contributed by atoms with van der Waals surface area (Å²) in [4.78, 5) is 5.13. The molecule has 0 bridgehead atoms. The summed E-state index contributed by atoms with van der Waals surface area (Å²) in [6, 6.07) is 48.1. The lowest BCUT2D eigenvalue weighted by Gasteiger charge is -2.55. The molecule has 6 aromatic rings. The molecule has 51 heavy (non-hydrogen) atoms. The van der Waals surface area contributed by atoms with E-state index in [4.69, 9.17) is 0 Å². The Hall–Kier alpha value is -5.08. The van der Waals surface area contributed by atoms with Gasteiger partial charge in [-0.3, -0.25) is 0 Å². The zero-order valence-corrected chi connectivity index (χ0v) is 31.5. The Labute approximate surface area is 304 Å². The topological polar surface area (TPSA) is 6.48 Å². The number of hydrogen-bond acceptors (Lipinski definition) is 2. The highest BCUT2D eigenvalue weighted by molar-refractivity contribution is 6.00. The monoisotopic (exact) mass is 664 g/mol. The summed E-state index contributed by atoms with van der Waals surface area (Å²) in [5, 5.41) is 0. The largest absolute Gasteiger partial charge is 0.310 e. The Morgan fingerprint density at radius 1 is 0.412 bits per heavy atom. The van der Waals surface area contributed by atoms with Crippen LogP contribution in [-0.2, 0) is 21.7 Å². The highest BCUT2D eigenvalue weighted by Crippen LogP contribution is 2.67. The Morgan fingerprint density at radius 2 is 0.843 bits per heavy atom. The minimum atomic E-state index is -0.264. The van der Waals surface area contributed by atoms with E-state index in [1.807, 2.05) is 0 Å². The summed E-state index contributed by atoms with van der Waals surface area (Å²) in [5.74, 6) is 0. The molecule has 3 aliphatic rings. The van der Waals surface area contributed by atoms with E-state index in [9.17, 15) is 0 Å².